The van der Waals surface area contributed by atoms with Crippen LogP contribution in [0, 0.1) is 13.8 Å². The molecule has 33 heavy (non-hydrogen) atoms. The van der Waals surface area contributed by atoms with Gasteiger partial charge in [-0.3, -0.25) is 19.3 Å². The van der Waals surface area contributed by atoms with Crippen LogP contribution in [-0.2, 0) is 4.79 Å². The molecule has 0 bridgehead atoms. The zero-order valence-electron chi connectivity index (χ0n) is 17.7. The molecule has 1 aliphatic rings. The Labute approximate surface area is 191 Å². The lowest BCUT2D eigenvalue weighted by Gasteiger charge is -2.22. The molecule has 4 aromatic rings. The van der Waals surface area contributed by atoms with E-state index in [1.54, 1.807) is 36.4 Å². The summed E-state index contributed by atoms with van der Waals surface area (Å²) in [5.74, 6) is -0.629. The second-order valence-corrected chi connectivity index (χ2v) is 8.54. The smallest absolute Gasteiger partial charge is 0.297 e. The molecule has 0 aliphatic carbocycles. The molecule has 5 rings (SSSR count). The molecular weight excluding hydrogens is 444 g/mol. The SMILES string of the molecule is Cc1cc2oc3c(c(=O)c2cc1C)C(c1ccc(OCC(N)=O)cc1)N(c1nncs1)C3=O. The molecule has 2 aromatic heterocycles. The van der Waals surface area contributed by atoms with Gasteiger partial charge in [0.05, 0.1) is 17.0 Å². The Hall–Kier alpha value is -4.05. The van der Waals surface area contributed by atoms with Gasteiger partial charge in [-0.05, 0) is 54.8 Å². The Morgan fingerprint density at radius 1 is 1.18 bits per heavy atom. The van der Waals surface area contributed by atoms with E-state index in [0.717, 1.165) is 11.1 Å². The number of nitrogens with two attached hydrogens (primary N) is 1. The van der Waals surface area contributed by atoms with Gasteiger partial charge >= 0.3 is 0 Å². The monoisotopic (exact) mass is 462 g/mol. The maximum atomic E-state index is 13.6. The predicted octanol–water partition coefficient (Wildman–Crippen LogP) is 2.88. The highest BCUT2D eigenvalue weighted by Crippen LogP contribution is 2.42. The summed E-state index contributed by atoms with van der Waals surface area (Å²) in [4.78, 5) is 39.5. The average Bonchev–Trinajstić information content (AvgIpc) is 3.41. The number of amides is 2. The van der Waals surface area contributed by atoms with E-state index in [2.05, 4.69) is 10.2 Å². The minimum Gasteiger partial charge on any atom is -0.484 e. The number of aromatic nitrogens is 2. The van der Waals surface area contributed by atoms with Crippen LogP contribution < -0.4 is 20.8 Å². The van der Waals surface area contributed by atoms with Gasteiger partial charge in [-0.15, -0.1) is 10.2 Å². The minimum absolute atomic E-state index is 0.00925. The fraction of sp³-hybridized carbons (Fsp3) is 0.174. The number of primary amides is 1. The van der Waals surface area contributed by atoms with E-state index in [0.29, 0.717) is 27.4 Å². The lowest BCUT2D eigenvalue weighted by atomic mass is 9.97. The van der Waals surface area contributed by atoms with Gasteiger partial charge in [0, 0.05) is 0 Å². The van der Waals surface area contributed by atoms with Crippen LogP contribution in [-0.4, -0.2) is 28.6 Å². The van der Waals surface area contributed by atoms with E-state index in [1.807, 2.05) is 13.8 Å². The van der Waals surface area contributed by atoms with Crippen molar-refractivity contribution in [2.24, 2.45) is 5.73 Å². The number of ether oxygens (including phenoxy) is 1. The van der Waals surface area contributed by atoms with E-state index < -0.39 is 17.9 Å². The highest BCUT2D eigenvalue weighted by Gasteiger charge is 2.45. The number of nitrogens with zero attached hydrogens (tertiary/aromatic N) is 3. The third-order valence-corrected chi connectivity index (χ3v) is 6.31. The van der Waals surface area contributed by atoms with E-state index in [4.69, 9.17) is 14.9 Å². The number of hydrogen-bond acceptors (Lipinski definition) is 8. The minimum atomic E-state index is -0.757. The molecule has 10 heteroatoms. The Morgan fingerprint density at radius 2 is 1.91 bits per heavy atom. The summed E-state index contributed by atoms with van der Waals surface area (Å²) in [5, 5.41) is 8.67. The van der Waals surface area contributed by atoms with Gasteiger partial charge in [-0.1, -0.05) is 23.5 Å². The summed E-state index contributed by atoms with van der Waals surface area (Å²) < 4.78 is 11.3. The van der Waals surface area contributed by atoms with Crippen LogP contribution in [0.25, 0.3) is 11.0 Å². The molecule has 2 aromatic carbocycles. The van der Waals surface area contributed by atoms with Crippen molar-refractivity contribution in [2.75, 3.05) is 11.5 Å². The van der Waals surface area contributed by atoms with Gasteiger partial charge in [-0.25, -0.2) is 0 Å². The number of benzene rings is 2. The quantitative estimate of drug-likeness (QED) is 0.483. The number of carbonyl (C=O) groups is 2. The molecule has 0 fully saturated rings. The molecular formula is C23H18N4O5S. The molecule has 2 N–H and O–H groups in total. The first-order valence-electron chi connectivity index (χ1n) is 10.0. The number of aryl methyl sites for hydroxylation is 2. The van der Waals surface area contributed by atoms with Crippen molar-refractivity contribution in [3.8, 4) is 5.75 Å². The van der Waals surface area contributed by atoms with Crippen molar-refractivity contribution in [2.45, 2.75) is 19.9 Å². The van der Waals surface area contributed by atoms with E-state index in [1.165, 1.54) is 21.7 Å². The number of rotatable bonds is 5. The lowest BCUT2D eigenvalue weighted by molar-refractivity contribution is -0.119. The summed E-state index contributed by atoms with van der Waals surface area (Å²) in [6.07, 6.45) is 0. The molecule has 166 valence electrons. The van der Waals surface area contributed by atoms with Crippen molar-refractivity contribution < 1.29 is 18.7 Å². The third-order valence-electron chi connectivity index (χ3n) is 5.62. The molecule has 0 saturated heterocycles. The second kappa shape index (κ2) is 7.82. The summed E-state index contributed by atoms with van der Waals surface area (Å²) in [6.45, 7) is 3.58. The average molecular weight is 462 g/mol. The Kier molecular flexibility index (Phi) is 4.94. The molecule has 1 aliphatic heterocycles. The van der Waals surface area contributed by atoms with E-state index >= 15 is 0 Å². The maximum Gasteiger partial charge on any atom is 0.297 e. The Bertz CT molecular complexity index is 1460. The maximum absolute atomic E-state index is 13.6. The standard InChI is InChI=1S/C23H18N4O5S/c1-11-7-15-16(8-12(11)2)32-21-18(20(15)29)19(27(22(21)30)23-26-25-10-33-23)13-3-5-14(6-4-13)31-9-17(24)28/h3-8,10,19H,9H2,1-2H3,(H2,24,28). The van der Waals surface area contributed by atoms with Crippen molar-refractivity contribution in [3.63, 3.8) is 0 Å². The zero-order valence-corrected chi connectivity index (χ0v) is 18.5. The lowest BCUT2D eigenvalue weighted by Crippen LogP contribution is -2.29. The van der Waals surface area contributed by atoms with Gasteiger partial charge < -0.3 is 14.9 Å². The van der Waals surface area contributed by atoms with Crippen LogP contribution in [0.1, 0.15) is 38.9 Å². The fourth-order valence-corrected chi connectivity index (χ4v) is 4.50. The summed E-state index contributed by atoms with van der Waals surface area (Å²) in [7, 11) is 0. The zero-order chi connectivity index (χ0) is 23.3. The first-order chi connectivity index (χ1) is 15.8. The van der Waals surface area contributed by atoms with Crippen molar-refractivity contribution in [1.29, 1.82) is 0 Å². The molecule has 9 nitrogen and oxygen atoms in total. The normalized spacial score (nSPS) is 15.2. The molecule has 1 atom stereocenters. The van der Waals surface area contributed by atoms with Crippen molar-refractivity contribution in [3.05, 3.63) is 80.1 Å². The largest absolute Gasteiger partial charge is 0.484 e. The molecule has 0 radical (unpaired) electrons. The highest BCUT2D eigenvalue weighted by molar-refractivity contribution is 7.13. The van der Waals surface area contributed by atoms with Crippen molar-refractivity contribution in [1.82, 2.24) is 10.2 Å². The van der Waals surface area contributed by atoms with Crippen LogP contribution >= 0.6 is 11.3 Å². The molecule has 2 amide bonds. The van der Waals surface area contributed by atoms with Gasteiger partial charge in [0.15, 0.2) is 12.0 Å². The van der Waals surface area contributed by atoms with Crippen LogP contribution in [0.15, 0.2) is 51.1 Å². The van der Waals surface area contributed by atoms with Crippen LogP contribution in [0.3, 0.4) is 0 Å². The first kappa shape index (κ1) is 20.8. The van der Waals surface area contributed by atoms with Crippen LogP contribution in [0.4, 0.5) is 5.13 Å². The molecule has 3 heterocycles. The Morgan fingerprint density at radius 3 is 2.58 bits per heavy atom. The predicted molar refractivity (Wildman–Crippen MR) is 122 cm³/mol. The molecule has 0 saturated carbocycles. The number of carbonyl (C=O) groups excluding carboxylic acids is 2. The number of anilines is 1. The molecule has 1 unspecified atom stereocenters. The third kappa shape index (κ3) is 3.44. The molecule has 0 spiro atoms. The topological polar surface area (TPSA) is 129 Å². The second-order valence-electron chi connectivity index (χ2n) is 7.73. The van der Waals surface area contributed by atoms with Gasteiger partial charge in [0.25, 0.3) is 11.8 Å². The van der Waals surface area contributed by atoms with E-state index in [9.17, 15) is 14.4 Å². The van der Waals surface area contributed by atoms with Gasteiger partial charge in [0.1, 0.15) is 16.8 Å². The summed E-state index contributed by atoms with van der Waals surface area (Å²) in [5.41, 5.74) is 9.55. The van der Waals surface area contributed by atoms with Crippen LogP contribution in [0.5, 0.6) is 5.75 Å². The first-order valence-corrected chi connectivity index (χ1v) is 10.9. The number of hydrogen-bond donors (Lipinski definition) is 1. The Balaban J connectivity index is 1.69. The van der Waals surface area contributed by atoms with Crippen LogP contribution in [0.2, 0.25) is 0 Å². The number of fused-ring (bicyclic) bond motifs is 2. The summed E-state index contributed by atoms with van der Waals surface area (Å²) >= 11 is 1.19. The van der Waals surface area contributed by atoms with Crippen molar-refractivity contribution >= 4 is 39.3 Å². The van der Waals surface area contributed by atoms with E-state index in [-0.39, 0.29) is 23.4 Å². The summed E-state index contributed by atoms with van der Waals surface area (Å²) in [6, 6.07) is 9.54. The highest BCUT2D eigenvalue weighted by atomic mass is 32.1. The fourth-order valence-electron chi connectivity index (χ4n) is 3.91. The van der Waals surface area contributed by atoms with Gasteiger partial charge in [0.2, 0.25) is 10.9 Å². The van der Waals surface area contributed by atoms with Gasteiger partial charge in [-0.2, -0.15) is 0 Å².